The van der Waals surface area contributed by atoms with Crippen LogP contribution in [0.1, 0.15) is 27.8 Å². The van der Waals surface area contributed by atoms with E-state index in [9.17, 15) is 31.1 Å². The van der Waals surface area contributed by atoms with Crippen molar-refractivity contribution in [2.45, 2.75) is 24.9 Å². The molecule has 1 amide bonds. The highest BCUT2D eigenvalue weighted by molar-refractivity contribution is 5.94. The molecule has 3 N–H and O–H groups in total. The van der Waals surface area contributed by atoms with Crippen LogP contribution in [0.2, 0.25) is 0 Å². The van der Waals surface area contributed by atoms with E-state index < -0.39 is 24.3 Å². The topological polar surface area (TPSA) is 179 Å². The maximum atomic E-state index is 12.8. The standard InChI is InChI=1S/C22H23N9O.2C2HF3O2/c1-29-10-11-30(22-24-8-3-9-25-22)15-18(29)20-28-27-19-6-5-17(14-31(19)20)21(32)26-13-16-4-2-7-23-12-16;2*3-2(4,5)1(6)7/h2-9,12,14,18H,10-11,13,15H2,1H3,(H,26,32);2*(H,6,7). The van der Waals surface area contributed by atoms with Crippen molar-refractivity contribution in [1.82, 2.24) is 39.8 Å². The SMILES string of the molecule is CN1CCN(c2ncccn2)CC1c1nnc2ccc(C(=O)NCc3cccnc3)cn12.O=C(O)C(F)(F)F.O=C(O)C(F)(F)F. The van der Waals surface area contributed by atoms with E-state index in [4.69, 9.17) is 19.8 Å². The normalized spacial score (nSPS) is 15.2. The Morgan fingerprint density at radius 3 is 2.11 bits per heavy atom. The molecule has 20 heteroatoms. The number of aliphatic carboxylic acids is 2. The number of fused-ring (bicyclic) bond motifs is 1. The number of carboxylic acids is 2. The second kappa shape index (κ2) is 15.1. The first-order valence-corrected chi connectivity index (χ1v) is 12.9. The van der Waals surface area contributed by atoms with Gasteiger partial charge in [0.15, 0.2) is 11.5 Å². The van der Waals surface area contributed by atoms with Crippen LogP contribution in [0.4, 0.5) is 32.3 Å². The lowest BCUT2D eigenvalue weighted by atomic mass is 10.1. The first-order valence-electron chi connectivity index (χ1n) is 12.9. The molecule has 1 fully saturated rings. The molecule has 246 valence electrons. The van der Waals surface area contributed by atoms with Crippen LogP contribution >= 0.6 is 0 Å². The lowest BCUT2D eigenvalue weighted by Crippen LogP contribution is -2.47. The minimum Gasteiger partial charge on any atom is -0.475 e. The predicted molar refractivity (Wildman–Crippen MR) is 145 cm³/mol. The van der Waals surface area contributed by atoms with Gasteiger partial charge in [-0.05, 0) is 36.9 Å². The summed E-state index contributed by atoms with van der Waals surface area (Å²) in [6, 6.07) is 9.15. The Balaban J connectivity index is 0.000000345. The molecule has 1 atom stereocenters. The molecule has 4 aromatic rings. The largest absolute Gasteiger partial charge is 0.490 e. The Morgan fingerprint density at radius 1 is 0.913 bits per heavy atom. The van der Waals surface area contributed by atoms with Gasteiger partial charge in [-0.15, -0.1) is 10.2 Å². The Bertz CT molecular complexity index is 1600. The minimum absolute atomic E-state index is 0.0174. The third-order valence-electron chi connectivity index (χ3n) is 6.13. The minimum atomic E-state index is -5.08. The van der Waals surface area contributed by atoms with Crippen molar-refractivity contribution >= 4 is 29.4 Å². The van der Waals surface area contributed by atoms with Crippen LogP contribution in [-0.2, 0) is 16.1 Å². The predicted octanol–water partition coefficient (Wildman–Crippen LogP) is 2.60. The van der Waals surface area contributed by atoms with Crippen molar-refractivity contribution in [2.75, 3.05) is 31.6 Å². The molecule has 0 aromatic carbocycles. The van der Waals surface area contributed by atoms with Gasteiger partial charge in [0.25, 0.3) is 5.91 Å². The van der Waals surface area contributed by atoms with E-state index in [1.54, 1.807) is 37.1 Å². The zero-order valence-corrected chi connectivity index (χ0v) is 23.6. The van der Waals surface area contributed by atoms with Crippen LogP contribution in [0.15, 0.2) is 61.3 Å². The van der Waals surface area contributed by atoms with Crippen LogP contribution in [0.3, 0.4) is 0 Å². The number of carbonyl (C=O) groups excluding carboxylic acids is 1. The van der Waals surface area contributed by atoms with Gasteiger partial charge in [-0.3, -0.25) is 19.1 Å². The Kier molecular flexibility index (Phi) is 11.5. The Hall–Kier alpha value is -5.40. The van der Waals surface area contributed by atoms with Gasteiger partial charge in [-0.2, -0.15) is 26.3 Å². The fourth-order valence-corrected chi connectivity index (χ4v) is 3.85. The molecule has 0 saturated carbocycles. The van der Waals surface area contributed by atoms with Gasteiger partial charge in [0.2, 0.25) is 5.95 Å². The molecule has 0 bridgehead atoms. The molecule has 46 heavy (non-hydrogen) atoms. The average Bonchev–Trinajstić information content (AvgIpc) is 3.44. The van der Waals surface area contributed by atoms with E-state index in [0.29, 0.717) is 30.2 Å². The highest BCUT2D eigenvalue weighted by Gasteiger charge is 2.39. The van der Waals surface area contributed by atoms with Crippen molar-refractivity contribution in [1.29, 1.82) is 0 Å². The van der Waals surface area contributed by atoms with Crippen LogP contribution in [0.5, 0.6) is 0 Å². The number of carbonyl (C=O) groups is 3. The number of likely N-dealkylation sites (N-methyl/N-ethyl adjacent to an activating group) is 1. The van der Waals surface area contributed by atoms with Gasteiger partial charge < -0.3 is 20.4 Å². The lowest BCUT2D eigenvalue weighted by molar-refractivity contribution is -0.193. The number of hydrogen-bond acceptors (Lipinski definition) is 10. The average molecular weight is 658 g/mol. The van der Waals surface area contributed by atoms with Crippen LogP contribution in [-0.4, -0.2) is 102 Å². The summed E-state index contributed by atoms with van der Waals surface area (Å²) in [7, 11) is 2.07. The lowest BCUT2D eigenvalue weighted by Gasteiger charge is -2.38. The van der Waals surface area contributed by atoms with E-state index in [-0.39, 0.29) is 11.9 Å². The van der Waals surface area contributed by atoms with E-state index >= 15 is 0 Å². The van der Waals surface area contributed by atoms with Crippen molar-refractivity contribution in [3.05, 3.63) is 78.3 Å². The highest BCUT2D eigenvalue weighted by Crippen LogP contribution is 2.25. The van der Waals surface area contributed by atoms with Crippen molar-refractivity contribution in [3.8, 4) is 0 Å². The zero-order chi connectivity index (χ0) is 34.1. The Labute approximate surface area is 255 Å². The first kappa shape index (κ1) is 35.1. The monoisotopic (exact) mass is 657 g/mol. The molecule has 4 aromatic heterocycles. The smallest absolute Gasteiger partial charge is 0.475 e. The third kappa shape index (κ3) is 9.81. The van der Waals surface area contributed by atoms with Gasteiger partial charge in [0.05, 0.1) is 11.6 Å². The quantitative estimate of drug-likeness (QED) is 0.268. The zero-order valence-electron chi connectivity index (χ0n) is 23.6. The molecule has 0 spiro atoms. The molecule has 5 rings (SSSR count). The van der Waals surface area contributed by atoms with Crippen molar-refractivity contribution in [2.24, 2.45) is 0 Å². The van der Waals surface area contributed by atoms with Gasteiger partial charge in [0.1, 0.15) is 0 Å². The fraction of sp³-hybridized carbons (Fsp3) is 0.308. The number of nitrogens with zero attached hydrogens (tertiary/aromatic N) is 8. The molecule has 1 aliphatic rings. The van der Waals surface area contributed by atoms with E-state index in [1.807, 2.05) is 28.7 Å². The summed E-state index contributed by atoms with van der Waals surface area (Å²) in [5, 5.41) is 26.0. The summed E-state index contributed by atoms with van der Waals surface area (Å²) >= 11 is 0. The maximum Gasteiger partial charge on any atom is 0.490 e. The molecular formula is C26H25F6N9O5. The Morgan fingerprint density at radius 2 is 1.54 bits per heavy atom. The fourth-order valence-electron chi connectivity index (χ4n) is 3.85. The summed E-state index contributed by atoms with van der Waals surface area (Å²) in [5.74, 6) is -4.19. The molecule has 1 aliphatic heterocycles. The summed E-state index contributed by atoms with van der Waals surface area (Å²) in [6.45, 7) is 2.76. The summed E-state index contributed by atoms with van der Waals surface area (Å²) in [5.41, 5.74) is 2.19. The number of amides is 1. The van der Waals surface area contributed by atoms with Gasteiger partial charge in [-0.1, -0.05) is 6.07 Å². The van der Waals surface area contributed by atoms with E-state index in [1.165, 1.54) is 0 Å². The summed E-state index contributed by atoms with van der Waals surface area (Å²) in [6.07, 6.45) is -1.42. The van der Waals surface area contributed by atoms with Crippen LogP contribution in [0, 0.1) is 0 Å². The number of nitrogens with one attached hydrogen (secondary N) is 1. The molecule has 5 heterocycles. The number of rotatable bonds is 5. The molecule has 0 aliphatic carbocycles. The summed E-state index contributed by atoms with van der Waals surface area (Å²) in [4.78, 5) is 47.8. The van der Waals surface area contributed by atoms with E-state index in [2.05, 4.69) is 47.3 Å². The molecule has 1 saturated heterocycles. The molecule has 1 unspecified atom stereocenters. The second-order valence-electron chi connectivity index (χ2n) is 9.35. The number of halogens is 6. The van der Waals surface area contributed by atoms with Gasteiger partial charge in [0, 0.05) is 57.2 Å². The van der Waals surface area contributed by atoms with Gasteiger partial charge in [-0.25, -0.2) is 19.6 Å². The van der Waals surface area contributed by atoms with Crippen LogP contribution < -0.4 is 10.2 Å². The highest BCUT2D eigenvalue weighted by atomic mass is 19.4. The number of hydrogen-bond donors (Lipinski definition) is 3. The van der Waals surface area contributed by atoms with E-state index in [0.717, 1.165) is 24.5 Å². The number of pyridine rings is 2. The van der Waals surface area contributed by atoms with Crippen LogP contribution in [0.25, 0.3) is 5.65 Å². The second-order valence-corrected chi connectivity index (χ2v) is 9.35. The van der Waals surface area contributed by atoms with Crippen molar-refractivity contribution in [3.63, 3.8) is 0 Å². The number of carboxylic acid groups (broad SMARTS) is 2. The number of anilines is 1. The third-order valence-corrected chi connectivity index (χ3v) is 6.13. The number of piperazine rings is 1. The van der Waals surface area contributed by atoms with Gasteiger partial charge >= 0.3 is 24.3 Å². The maximum absolute atomic E-state index is 12.8. The summed E-state index contributed by atoms with van der Waals surface area (Å²) < 4.78 is 65.4. The van der Waals surface area contributed by atoms with Crippen molar-refractivity contribution < 1.29 is 50.9 Å². The molecule has 14 nitrogen and oxygen atoms in total. The number of aromatic nitrogens is 6. The first-order chi connectivity index (χ1) is 21.6. The molecule has 0 radical (unpaired) electrons. The number of alkyl halides is 6. The molecular weight excluding hydrogens is 632 g/mol.